The fourth-order valence-electron chi connectivity index (χ4n) is 2.86. The smallest absolute Gasteiger partial charge is 0.259 e. The lowest BCUT2D eigenvalue weighted by atomic mass is 10.1. The molecule has 0 bridgehead atoms. The van der Waals surface area contributed by atoms with Gasteiger partial charge >= 0.3 is 0 Å². The highest BCUT2D eigenvalue weighted by Crippen LogP contribution is 2.27. The molecule has 0 N–H and O–H groups in total. The summed E-state index contributed by atoms with van der Waals surface area (Å²) in [4.78, 5) is 14.7. The van der Waals surface area contributed by atoms with Crippen LogP contribution in [0.25, 0.3) is 0 Å². The van der Waals surface area contributed by atoms with E-state index in [1.807, 2.05) is 19.1 Å². The third-order valence-electron chi connectivity index (χ3n) is 4.19. The molecule has 130 valence electrons. The maximum Gasteiger partial charge on any atom is 0.259 e. The highest BCUT2D eigenvalue weighted by molar-refractivity contribution is 7.94. The number of nitrogens with zero attached hydrogens (tertiary/aromatic N) is 1. The first kappa shape index (κ1) is 17.2. The van der Waals surface area contributed by atoms with Gasteiger partial charge in [-0.25, -0.2) is 8.42 Å². The molecule has 1 atom stereocenters. The number of amides is 1. The molecule has 6 heteroatoms. The zero-order valence-corrected chi connectivity index (χ0v) is 14.9. The Morgan fingerprint density at radius 2 is 1.80 bits per heavy atom. The van der Waals surface area contributed by atoms with E-state index in [0.717, 1.165) is 5.56 Å². The van der Waals surface area contributed by atoms with Crippen LogP contribution in [0.1, 0.15) is 15.9 Å². The number of aryl methyl sites for hydroxylation is 1. The maximum absolute atomic E-state index is 13.2. The molecule has 0 saturated heterocycles. The van der Waals surface area contributed by atoms with Crippen LogP contribution >= 0.6 is 0 Å². The molecule has 0 spiro atoms. The molecule has 2 aromatic carbocycles. The Hall–Kier alpha value is -2.60. The fraction of sp³-hybridized carbons (Fsp3) is 0.211. The van der Waals surface area contributed by atoms with Crippen molar-refractivity contribution in [3.8, 4) is 5.75 Å². The number of carbonyl (C=O) groups is 1. The zero-order chi connectivity index (χ0) is 18.0. The summed E-state index contributed by atoms with van der Waals surface area (Å²) in [7, 11) is -1.72. The Bertz CT molecular complexity index is 917. The van der Waals surface area contributed by atoms with Crippen LogP contribution in [-0.2, 0) is 9.84 Å². The minimum absolute atomic E-state index is 0.114. The van der Waals surface area contributed by atoms with E-state index < -0.39 is 15.9 Å². The number of methoxy groups -OCH3 is 1. The fourth-order valence-corrected chi connectivity index (χ4v) is 4.13. The Balaban J connectivity index is 2.04. The Labute approximate surface area is 147 Å². The SMILES string of the molecule is COc1ccc(N(C(=O)c2ccccc2C)[C@H]2C=CS(=O)(=O)C2)cc1. The molecule has 1 aliphatic rings. The van der Waals surface area contributed by atoms with Crippen LogP contribution in [0.5, 0.6) is 5.75 Å². The lowest BCUT2D eigenvalue weighted by molar-refractivity contribution is 0.0982. The van der Waals surface area contributed by atoms with Crippen molar-refractivity contribution in [3.63, 3.8) is 0 Å². The Morgan fingerprint density at radius 1 is 1.12 bits per heavy atom. The average Bonchev–Trinajstić information content (AvgIpc) is 2.95. The first-order valence-corrected chi connectivity index (χ1v) is 9.57. The van der Waals surface area contributed by atoms with Gasteiger partial charge in [0.1, 0.15) is 5.75 Å². The lowest BCUT2D eigenvalue weighted by Gasteiger charge is -2.28. The summed E-state index contributed by atoms with van der Waals surface area (Å²) in [5.41, 5.74) is 2.02. The van der Waals surface area contributed by atoms with Crippen LogP contribution < -0.4 is 9.64 Å². The Morgan fingerprint density at radius 3 is 2.36 bits per heavy atom. The molecule has 25 heavy (non-hydrogen) atoms. The van der Waals surface area contributed by atoms with Crippen LogP contribution in [0.4, 0.5) is 5.69 Å². The molecule has 0 aliphatic carbocycles. The third-order valence-corrected chi connectivity index (χ3v) is 5.57. The van der Waals surface area contributed by atoms with E-state index in [-0.39, 0.29) is 11.7 Å². The standard InChI is InChI=1S/C19H19NO4S/c1-14-5-3-4-6-18(14)19(21)20(16-11-12-25(22,23)13-16)15-7-9-17(24-2)10-8-15/h3-12,16H,13H2,1-2H3/t16-/m0/s1. The second kappa shape index (κ2) is 6.72. The van der Waals surface area contributed by atoms with Crippen LogP contribution in [-0.4, -0.2) is 33.2 Å². The minimum Gasteiger partial charge on any atom is -0.497 e. The van der Waals surface area contributed by atoms with Crippen molar-refractivity contribution >= 4 is 21.4 Å². The van der Waals surface area contributed by atoms with E-state index in [1.54, 1.807) is 49.6 Å². The monoisotopic (exact) mass is 357 g/mol. The molecule has 1 heterocycles. The third kappa shape index (κ3) is 3.58. The second-order valence-corrected chi connectivity index (χ2v) is 7.84. The predicted molar refractivity (Wildman–Crippen MR) is 97.7 cm³/mol. The van der Waals surface area contributed by atoms with Gasteiger partial charge in [0.05, 0.1) is 18.9 Å². The normalized spacial score (nSPS) is 18.1. The van der Waals surface area contributed by atoms with Crippen molar-refractivity contribution in [2.75, 3.05) is 17.8 Å². The van der Waals surface area contributed by atoms with Crippen LogP contribution in [0.3, 0.4) is 0 Å². The molecular formula is C19H19NO4S. The van der Waals surface area contributed by atoms with Crippen molar-refractivity contribution in [1.29, 1.82) is 0 Å². The lowest BCUT2D eigenvalue weighted by Crippen LogP contribution is -2.41. The summed E-state index contributed by atoms with van der Waals surface area (Å²) >= 11 is 0. The van der Waals surface area contributed by atoms with Crippen molar-refractivity contribution in [2.45, 2.75) is 13.0 Å². The van der Waals surface area contributed by atoms with Crippen LogP contribution in [0, 0.1) is 6.92 Å². The molecule has 0 aromatic heterocycles. The van der Waals surface area contributed by atoms with E-state index in [9.17, 15) is 13.2 Å². The quantitative estimate of drug-likeness (QED) is 0.844. The molecule has 0 unspecified atom stereocenters. The van der Waals surface area contributed by atoms with Gasteiger partial charge in [0, 0.05) is 16.7 Å². The summed E-state index contributed by atoms with van der Waals surface area (Å²) in [6, 6.07) is 13.8. The van der Waals surface area contributed by atoms with Crippen LogP contribution in [0.2, 0.25) is 0 Å². The minimum atomic E-state index is -3.29. The van der Waals surface area contributed by atoms with Gasteiger partial charge in [0.25, 0.3) is 5.91 Å². The van der Waals surface area contributed by atoms with Gasteiger partial charge in [-0.1, -0.05) is 18.2 Å². The number of hydrogen-bond donors (Lipinski definition) is 0. The second-order valence-electron chi connectivity index (χ2n) is 5.91. The summed E-state index contributed by atoms with van der Waals surface area (Å²) in [6.07, 6.45) is 1.57. The summed E-state index contributed by atoms with van der Waals surface area (Å²) < 4.78 is 28.9. The maximum atomic E-state index is 13.2. The number of carbonyl (C=O) groups excluding carboxylic acids is 1. The van der Waals surface area contributed by atoms with E-state index in [0.29, 0.717) is 17.0 Å². The van der Waals surface area contributed by atoms with E-state index in [2.05, 4.69) is 0 Å². The van der Waals surface area contributed by atoms with E-state index in [4.69, 9.17) is 4.74 Å². The van der Waals surface area contributed by atoms with Crippen molar-refractivity contribution in [3.05, 3.63) is 71.1 Å². The molecule has 0 saturated carbocycles. The predicted octanol–water partition coefficient (Wildman–Crippen LogP) is 2.96. The first-order valence-electron chi connectivity index (χ1n) is 7.85. The average molecular weight is 357 g/mol. The number of hydrogen-bond acceptors (Lipinski definition) is 4. The summed E-state index contributed by atoms with van der Waals surface area (Å²) in [6.45, 7) is 1.86. The molecule has 3 rings (SSSR count). The molecular weight excluding hydrogens is 338 g/mol. The number of anilines is 1. The van der Waals surface area contributed by atoms with Gasteiger partial charge in [-0.05, 0) is 48.9 Å². The van der Waals surface area contributed by atoms with Gasteiger partial charge < -0.3 is 9.64 Å². The molecule has 2 aromatic rings. The van der Waals surface area contributed by atoms with Gasteiger partial charge in [-0.2, -0.15) is 0 Å². The molecule has 1 aliphatic heterocycles. The summed E-state index contributed by atoms with van der Waals surface area (Å²) in [5.74, 6) is 0.327. The highest BCUT2D eigenvalue weighted by atomic mass is 32.2. The number of ether oxygens (including phenoxy) is 1. The molecule has 0 fully saturated rings. The van der Waals surface area contributed by atoms with Crippen molar-refractivity contribution in [2.24, 2.45) is 0 Å². The zero-order valence-electron chi connectivity index (χ0n) is 14.0. The van der Waals surface area contributed by atoms with E-state index >= 15 is 0 Å². The van der Waals surface area contributed by atoms with Gasteiger partial charge in [0.2, 0.25) is 0 Å². The van der Waals surface area contributed by atoms with E-state index in [1.165, 1.54) is 10.3 Å². The number of sulfone groups is 1. The molecule has 0 radical (unpaired) electrons. The Kier molecular flexibility index (Phi) is 4.63. The topological polar surface area (TPSA) is 63.7 Å². The van der Waals surface area contributed by atoms with Crippen molar-refractivity contribution in [1.82, 2.24) is 0 Å². The highest BCUT2D eigenvalue weighted by Gasteiger charge is 2.32. The van der Waals surface area contributed by atoms with Crippen molar-refractivity contribution < 1.29 is 17.9 Å². The summed E-state index contributed by atoms with van der Waals surface area (Å²) in [5, 5.41) is 1.18. The first-order chi connectivity index (χ1) is 11.9. The molecule has 5 nitrogen and oxygen atoms in total. The van der Waals surface area contributed by atoms with Crippen LogP contribution in [0.15, 0.2) is 60.0 Å². The van der Waals surface area contributed by atoms with Gasteiger partial charge in [-0.15, -0.1) is 0 Å². The number of rotatable bonds is 4. The van der Waals surface area contributed by atoms with Gasteiger partial charge in [-0.3, -0.25) is 4.79 Å². The largest absolute Gasteiger partial charge is 0.497 e. The number of benzene rings is 2. The van der Waals surface area contributed by atoms with Gasteiger partial charge in [0.15, 0.2) is 9.84 Å². The molecule has 1 amide bonds.